The van der Waals surface area contributed by atoms with Crippen molar-refractivity contribution in [3.8, 4) is 5.88 Å². The first-order valence-electron chi connectivity index (χ1n) is 5.29. The van der Waals surface area contributed by atoms with E-state index in [0.717, 1.165) is 0 Å². The Morgan fingerprint density at radius 2 is 2.17 bits per heavy atom. The minimum Gasteiger partial charge on any atom is -0.481 e. The van der Waals surface area contributed by atoms with E-state index in [0.29, 0.717) is 22.3 Å². The molecule has 2 aromatic heterocycles. The summed E-state index contributed by atoms with van der Waals surface area (Å²) in [5.41, 5.74) is 6.84. The first-order valence-corrected chi connectivity index (χ1v) is 6.61. The Kier molecular flexibility index (Phi) is 3.88. The number of nitrogens with two attached hydrogens (primary N) is 1. The van der Waals surface area contributed by atoms with Crippen LogP contribution in [-0.2, 0) is 16.6 Å². The van der Waals surface area contributed by atoms with Crippen molar-refractivity contribution in [2.24, 2.45) is 0 Å². The number of methoxy groups -OCH3 is 1. The molecule has 0 fully saturated rings. The molecule has 2 rings (SSSR count). The maximum absolute atomic E-state index is 12.1. The third-order valence-electron chi connectivity index (χ3n) is 2.29. The van der Waals surface area contributed by atoms with Gasteiger partial charge in [0.05, 0.1) is 35.0 Å². The van der Waals surface area contributed by atoms with Gasteiger partial charge in [-0.2, -0.15) is 0 Å². The molecule has 94 valence electrons. The van der Waals surface area contributed by atoms with Gasteiger partial charge in [0, 0.05) is 12.3 Å². The molecular formula is C12H13N3O2S. The first-order chi connectivity index (χ1) is 8.70. The maximum Gasteiger partial charge on any atom is 0.213 e. The van der Waals surface area contributed by atoms with E-state index in [-0.39, 0.29) is 5.75 Å². The van der Waals surface area contributed by atoms with Crippen molar-refractivity contribution in [1.82, 2.24) is 9.97 Å². The van der Waals surface area contributed by atoms with Crippen LogP contribution >= 0.6 is 0 Å². The molecular weight excluding hydrogens is 250 g/mol. The van der Waals surface area contributed by atoms with Crippen LogP contribution in [-0.4, -0.2) is 21.3 Å². The van der Waals surface area contributed by atoms with E-state index in [1.54, 1.807) is 43.6 Å². The average molecular weight is 263 g/mol. The fourth-order valence-electron chi connectivity index (χ4n) is 1.45. The summed E-state index contributed by atoms with van der Waals surface area (Å²) >= 11 is 0. The van der Waals surface area contributed by atoms with Crippen molar-refractivity contribution in [2.75, 3.05) is 12.8 Å². The molecule has 6 heteroatoms. The van der Waals surface area contributed by atoms with Crippen molar-refractivity contribution in [3.05, 3.63) is 42.2 Å². The van der Waals surface area contributed by atoms with Crippen molar-refractivity contribution in [1.29, 1.82) is 0 Å². The highest BCUT2D eigenvalue weighted by atomic mass is 32.2. The quantitative estimate of drug-likeness (QED) is 0.901. The van der Waals surface area contributed by atoms with E-state index in [9.17, 15) is 4.21 Å². The lowest BCUT2D eigenvalue weighted by atomic mass is 10.4. The number of hydrogen-bond donors (Lipinski definition) is 1. The summed E-state index contributed by atoms with van der Waals surface area (Å²) in [4.78, 5) is 8.24. The molecule has 0 aromatic carbocycles. The van der Waals surface area contributed by atoms with Crippen LogP contribution < -0.4 is 10.5 Å². The van der Waals surface area contributed by atoms with E-state index < -0.39 is 10.8 Å². The summed E-state index contributed by atoms with van der Waals surface area (Å²) in [5, 5.41) is 0.391. The summed E-state index contributed by atoms with van der Waals surface area (Å²) in [6, 6.07) is 8.72. The van der Waals surface area contributed by atoms with E-state index in [1.807, 2.05) is 0 Å². The Balaban J connectivity index is 2.19. The second-order valence-electron chi connectivity index (χ2n) is 3.56. The topological polar surface area (TPSA) is 78.1 Å². The number of aromatic nitrogens is 2. The van der Waals surface area contributed by atoms with Gasteiger partial charge in [-0.05, 0) is 18.2 Å². The average Bonchev–Trinajstić information content (AvgIpc) is 2.39. The van der Waals surface area contributed by atoms with Crippen LogP contribution in [0, 0.1) is 0 Å². The Hall–Kier alpha value is -1.95. The van der Waals surface area contributed by atoms with Crippen LogP contribution in [0.4, 0.5) is 5.69 Å². The predicted octanol–water partition coefficient (Wildman–Crippen LogP) is 1.38. The Morgan fingerprint density at radius 3 is 2.89 bits per heavy atom. The minimum absolute atomic E-state index is 0.262. The van der Waals surface area contributed by atoms with Gasteiger partial charge in [0.2, 0.25) is 5.88 Å². The number of rotatable bonds is 4. The zero-order chi connectivity index (χ0) is 13.0. The second-order valence-corrected chi connectivity index (χ2v) is 4.93. The van der Waals surface area contributed by atoms with E-state index in [4.69, 9.17) is 10.5 Å². The highest BCUT2D eigenvalue weighted by Gasteiger charge is 2.11. The van der Waals surface area contributed by atoms with Crippen LogP contribution in [0.25, 0.3) is 0 Å². The van der Waals surface area contributed by atoms with Crippen LogP contribution in [0.1, 0.15) is 5.69 Å². The molecule has 0 aliphatic heterocycles. The summed E-state index contributed by atoms with van der Waals surface area (Å²) in [6.07, 6.45) is 1.57. The van der Waals surface area contributed by atoms with E-state index in [2.05, 4.69) is 9.97 Å². The molecule has 0 saturated carbocycles. The molecule has 5 nitrogen and oxygen atoms in total. The fourth-order valence-corrected chi connectivity index (χ4v) is 2.52. The van der Waals surface area contributed by atoms with Crippen molar-refractivity contribution in [2.45, 2.75) is 10.8 Å². The monoisotopic (exact) mass is 263 g/mol. The molecule has 0 bridgehead atoms. The molecule has 0 aliphatic rings. The van der Waals surface area contributed by atoms with Crippen LogP contribution in [0.15, 0.2) is 41.6 Å². The molecule has 2 N–H and O–H groups in total. The van der Waals surface area contributed by atoms with Crippen molar-refractivity contribution >= 4 is 16.5 Å². The predicted molar refractivity (Wildman–Crippen MR) is 69.6 cm³/mol. The highest BCUT2D eigenvalue weighted by molar-refractivity contribution is 7.84. The molecule has 0 aliphatic carbocycles. The summed E-state index contributed by atoms with van der Waals surface area (Å²) in [7, 11) is 0.231. The number of ether oxygens (including phenoxy) is 1. The van der Waals surface area contributed by atoms with Crippen LogP contribution in [0.3, 0.4) is 0 Å². The van der Waals surface area contributed by atoms with Gasteiger partial charge >= 0.3 is 0 Å². The fraction of sp³-hybridized carbons (Fsp3) is 0.167. The SMILES string of the molecule is COc1cccc(CS(=O)c2ncccc2N)n1. The lowest BCUT2D eigenvalue weighted by molar-refractivity contribution is 0.397. The van der Waals surface area contributed by atoms with Gasteiger partial charge in [0.25, 0.3) is 0 Å². The minimum atomic E-state index is -1.31. The van der Waals surface area contributed by atoms with Crippen molar-refractivity contribution in [3.63, 3.8) is 0 Å². The standard InChI is InChI=1S/C12H13N3O2S/c1-17-11-6-2-4-9(15-11)8-18(16)12-10(13)5-3-7-14-12/h2-7H,8,13H2,1H3. The largest absolute Gasteiger partial charge is 0.481 e. The molecule has 0 amide bonds. The first kappa shape index (κ1) is 12.5. The van der Waals surface area contributed by atoms with Crippen LogP contribution in [0.5, 0.6) is 5.88 Å². The molecule has 1 unspecified atom stereocenters. The number of hydrogen-bond acceptors (Lipinski definition) is 5. The van der Waals surface area contributed by atoms with Gasteiger partial charge in [-0.15, -0.1) is 0 Å². The highest BCUT2D eigenvalue weighted by Crippen LogP contribution is 2.16. The zero-order valence-electron chi connectivity index (χ0n) is 9.87. The van der Waals surface area contributed by atoms with Gasteiger partial charge in [-0.1, -0.05) is 6.07 Å². The molecule has 0 saturated heterocycles. The summed E-state index contributed by atoms with van der Waals surface area (Å²) in [6.45, 7) is 0. The molecule has 1 atom stereocenters. The Bertz CT molecular complexity index is 575. The third kappa shape index (κ3) is 2.84. The normalized spacial score (nSPS) is 12.1. The van der Waals surface area contributed by atoms with Crippen molar-refractivity contribution < 1.29 is 8.95 Å². The van der Waals surface area contributed by atoms with Gasteiger partial charge in [0.1, 0.15) is 5.03 Å². The van der Waals surface area contributed by atoms with E-state index in [1.165, 1.54) is 0 Å². The van der Waals surface area contributed by atoms with Gasteiger partial charge < -0.3 is 10.5 Å². The Labute approximate surface area is 107 Å². The zero-order valence-corrected chi connectivity index (χ0v) is 10.7. The molecule has 2 heterocycles. The molecule has 2 aromatic rings. The maximum atomic E-state index is 12.1. The van der Waals surface area contributed by atoms with Crippen LogP contribution in [0.2, 0.25) is 0 Å². The number of pyridine rings is 2. The van der Waals surface area contributed by atoms with Gasteiger partial charge in [-0.25, -0.2) is 9.97 Å². The number of nitrogen functional groups attached to an aromatic ring is 1. The molecule has 0 radical (unpaired) electrons. The number of anilines is 1. The van der Waals surface area contributed by atoms with Gasteiger partial charge in [0.15, 0.2) is 0 Å². The third-order valence-corrected chi connectivity index (χ3v) is 3.62. The summed E-state index contributed by atoms with van der Waals surface area (Å²) < 4.78 is 17.1. The number of nitrogens with zero attached hydrogens (tertiary/aromatic N) is 2. The summed E-state index contributed by atoms with van der Waals surface area (Å²) in [5.74, 6) is 0.761. The van der Waals surface area contributed by atoms with E-state index >= 15 is 0 Å². The second kappa shape index (κ2) is 5.59. The lowest BCUT2D eigenvalue weighted by Crippen LogP contribution is -2.04. The Morgan fingerprint density at radius 1 is 1.33 bits per heavy atom. The molecule has 18 heavy (non-hydrogen) atoms. The molecule has 0 spiro atoms. The smallest absolute Gasteiger partial charge is 0.213 e. The van der Waals surface area contributed by atoms with Gasteiger partial charge in [-0.3, -0.25) is 4.21 Å². The lowest BCUT2D eigenvalue weighted by Gasteiger charge is -2.05.